The van der Waals surface area contributed by atoms with Gasteiger partial charge in [0.15, 0.2) is 0 Å². The molecule has 0 saturated heterocycles. The molecule has 0 spiro atoms. The Morgan fingerprint density at radius 2 is 2.62 bits per heavy atom. The lowest BCUT2D eigenvalue weighted by atomic mass is 10.1. The van der Waals surface area contributed by atoms with Crippen molar-refractivity contribution in [1.82, 2.24) is 0 Å². The summed E-state index contributed by atoms with van der Waals surface area (Å²) in [5.41, 5.74) is 7.77. The molecule has 0 rings (SSSR count). The van der Waals surface area contributed by atoms with Gasteiger partial charge in [-0.1, -0.05) is 11.9 Å². The van der Waals surface area contributed by atoms with Gasteiger partial charge in [0.05, 0.1) is 0 Å². The topological polar surface area (TPSA) is 58.0 Å². The van der Waals surface area contributed by atoms with Crippen LogP contribution < -0.4 is 0 Å². The molecule has 0 amide bonds. The molecule has 0 aromatic heterocycles. The van der Waals surface area contributed by atoms with Crippen molar-refractivity contribution in [3.05, 3.63) is 10.4 Å². The number of nitrogens with zero attached hydrogens (tertiary/aromatic N) is 3. The third kappa shape index (κ3) is 5.33. The van der Waals surface area contributed by atoms with E-state index in [0.29, 0.717) is 20.6 Å². The van der Waals surface area contributed by atoms with E-state index >= 15 is 0 Å². The molecule has 0 fully saturated rings. The lowest BCUT2D eigenvalue weighted by Crippen LogP contribution is -1.97. The third-order valence-electron chi connectivity index (χ3n) is 0.603. The summed E-state index contributed by atoms with van der Waals surface area (Å²) >= 11 is 0. The molecule has 0 aliphatic carbocycles. The van der Waals surface area contributed by atoms with Crippen LogP contribution >= 0.6 is 0 Å². The quantitative estimate of drug-likeness (QED) is 0.174. The van der Waals surface area contributed by atoms with E-state index in [4.69, 9.17) is 10.2 Å². The first kappa shape index (κ1) is 7.33. The van der Waals surface area contributed by atoms with Crippen molar-refractivity contribution >= 4 is 7.48 Å². The van der Waals surface area contributed by atoms with Gasteiger partial charge >= 0.3 is 0 Å². The molecule has 0 atom stereocenters. The van der Waals surface area contributed by atoms with E-state index in [1.807, 2.05) is 6.82 Å². The van der Waals surface area contributed by atoms with E-state index in [1.165, 1.54) is 0 Å². The maximum Gasteiger partial charge on any atom is 0.271 e. The molecule has 0 aliphatic rings. The first-order valence-electron chi connectivity index (χ1n) is 2.50. The monoisotopic (exact) mass is 113 g/mol. The molecule has 0 unspecified atom stereocenters. The van der Waals surface area contributed by atoms with Crippen molar-refractivity contribution < 1.29 is 4.65 Å². The van der Waals surface area contributed by atoms with Crippen LogP contribution in [0.4, 0.5) is 0 Å². The molecule has 0 aliphatic heterocycles. The fraction of sp³-hybridized carbons (Fsp3) is 1.00. The maximum atomic E-state index is 7.77. The van der Waals surface area contributed by atoms with Crippen LogP contribution in [0.5, 0.6) is 0 Å². The smallest absolute Gasteiger partial charge is 0.271 e. The predicted octanol–water partition coefficient (Wildman–Crippen LogP) is 0.713. The Labute approximate surface area is 48.7 Å². The van der Waals surface area contributed by atoms with Crippen LogP contribution in [0.15, 0.2) is 5.11 Å². The molecule has 0 heterocycles. The van der Waals surface area contributed by atoms with Gasteiger partial charge in [-0.25, -0.2) is 0 Å². The normalized spacial score (nSPS) is 7.62. The maximum absolute atomic E-state index is 7.77. The van der Waals surface area contributed by atoms with Crippen LogP contribution in [-0.4, -0.2) is 20.6 Å². The van der Waals surface area contributed by atoms with E-state index in [-0.39, 0.29) is 0 Å². The molecule has 4 nitrogen and oxygen atoms in total. The minimum atomic E-state index is 0.435. The van der Waals surface area contributed by atoms with Gasteiger partial charge in [0.25, 0.3) is 7.48 Å². The molecule has 5 heteroatoms. The van der Waals surface area contributed by atoms with Crippen molar-refractivity contribution in [2.24, 2.45) is 5.11 Å². The number of rotatable bonds is 4. The molecule has 8 heavy (non-hydrogen) atoms. The van der Waals surface area contributed by atoms with Crippen LogP contribution in [0, 0.1) is 0 Å². The summed E-state index contributed by atoms with van der Waals surface area (Å²) in [6.45, 7) is 2.86. The van der Waals surface area contributed by atoms with Gasteiger partial charge in [0, 0.05) is 18.1 Å². The Morgan fingerprint density at radius 3 is 3.12 bits per heavy atom. The summed E-state index contributed by atoms with van der Waals surface area (Å²) in [5.74, 6) is 0. The second kappa shape index (κ2) is 6.33. The van der Waals surface area contributed by atoms with Gasteiger partial charge < -0.3 is 4.65 Å². The standard InChI is InChI=1S/C3H8BN3O/c1-4-8-3-2-6-7-5/h4H,2-3H2,1H3. The highest BCUT2D eigenvalue weighted by Gasteiger charge is 1.79. The molecule has 44 valence electrons. The van der Waals surface area contributed by atoms with E-state index in [0.717, 1.165) is 0 Å². The third-order valence-corrected chi connectivity index (χ3v) is 0.603. The van der Waals surface area contributed by atoms with Gasteiger partial charge in [0.1, 0.15) is 0 Å². The number of hydrogen-bond acceptors (Lipinski definition) is 2. The molecule has 0 aromatic carbocycles. The van der Waals surface area contributed by atoms with E-state index in [1.54, 1.807) is 0 Å². The summed E-state index contributed by atoms with van der Waals surface area (Å²) < 4.78 is 4.87. The average molecular weight is 113 g/mol. The molecular weight excluding hydrogens is 105 g/mol. The van der Waals surface area contributed by atoms with Gasteiger partial charge in [-0.15, -0.1) is 0 Å². The first-order chi connectivity index (χ1) is 3.91. The summed E-state index contributed by atoms with van der Waals surface area (Å²) in [6.07, 6.45) is 0. The largest absolute Gasteiger partial charge is 0.440 e. The Balaban J connectivity index is 2.82. The molecule has 0 aromatic rings. The summed E-state index contributed by atoms with van der Waals surface area (Å²) in [5, 5.41) is 3.26. The highest BCUT2D eigenvalue weighted by Crippen LogP contribution is 1.72. The summed E-state index contributed by atoms with van der Waals surface area (Å²) in [7, 11) is 0.681. The Hall–Kier alpha value is -0.665. The fourth-order valence-corrected chi connectivity index (χ4v) is 0.294. The van der Waals surface area contributed by atoms with Gasteiger partial charge in [-0.3, -0.25) is 0 Å². The zero-order chi connectivity index (χ0) is 6.24. The average Bonchev–Trinajstić information content (AvgIpc) is 1.81. The molecule has 0 bridgehead atoms. The predicted molar refractivity (Wildman–Crippen MR) is 33.0 cm³/mol. The van der Waals surface area contributed by atoms with E-state index < -0.39 is 0 Å². The lowest BCUT2D eigenvalue weighted by molar-refractivity contribution is 0.350. The molecule has 0 N–H and O–H groups in total. The fourth-order valence-electron chi connectivity index (χ4n) is 0.294. The second-order valence-corrected chi connectivity index (χ2v) is 1.15. The van der Waals surface area contributed by atoms with Gasteiger partial charge in [0.2, 0.25) is 0 Å². The second-order valence-electron chi connectivity index (χ2n) is 1.15. The molecule has 0 saturated carbocycles. The SMILES string of the molecule is CBOCCN=[N+]=[N-]. The zero-order valence-corrected chi connectivity index (χ0v) is 4.87. The Morgan fingerprint density at radius 1 is 1.88 bits per heavy atom. The highest BCUT2D eigenvalue weighted by atomic mass is 16.4. The molecule has 0 radical (unpaired) electrons. The van der Waals surface area contributed by atoms with Crippen LogP contribution in [0.25, 0.3) is 10.4 Å². The minimum Gasteiger partial charge on any atom is -0.440 e. The van der Waals surface area contributed by atoms with E-state index in [9.17, 15) is 0 Å². The zero-order valence-electron chi connectivity index (χ0n) is 4.87. The summed E-state index contributed by atoms with van der Waals surface area (Å²) in [6, 6.07) is 0. The van der Waals surface area contributed by atoms with Crippen LogP contribution in [0.1, 0.15) is 0 Å². The first-order valence-corrected chi connectivity index (χ1v) is 2.50. The molecular formula is C3H8BN3O. The lowest BCUT2D eigenvalue weighted by Gasteiger charge is -1.91. The van der Waals surface area contributed by atoms with Gasteiger partial charge in [-0.2, -0.15) is 0 Å². The number of hydrogen-bond donors (Lipinski definition) is 0. The van der Waals surface area contributed by atoms with Crippen LogP contribution in [0.2, 0.25) is 6.82 Å². The number of azide groups is 1. The van der Waals surface area contributed by atoms with Crippen LogP contribution in [0.3, 0.4) is 0 Å². The van der Waals surface area contributed by atoms with E-state index in [2.05, 4.69) is 10.0 Å². The van der Waals surface area contributed by atoms with Crippen LogP contribution in [-0.2, 0) is 4.65 Å². The summed E-state index contributed by atoms with van der Waals surface area (Å²) in [4.78, 5) is 2.55. The van der Waals surface area contributed by atoms with Crippen molar-refractivity contribution in [3.63, 3.8) is 0 Å². The van der Waals surface area contributed by atoms with Crippen molar-refractivity contribution in [1.29, 1.82) is 0 Å². The Bertz CT molecular complexity index is 90.5. The van der Waals surface area contributed by atoms with Crippen molar-refractivity contribution in [2.45, 2.75) is 6.82 Å². The highest BCUT2D eigenvalue weighted by molar-refractivity contribution is 6.24. The van der Waals surface area contributed by atoms with Gasteiger partial charge in [-0.05, 0) is 5.53 Å². The van der Waals surface area contributed by atoms with Crippen molar-refractivity contribution in [2.75, 3.05) is 13.2 Å². The minimum absolute atomic E-state index is 0.435. The Kier molecular flexibility index (Phi) is 5.81. The van der Waals surface area contributed by atoms with Crippen molar-refractivity contribution in [3.8, 4) is 0 Å².